The van der Waals surface area contributed by atoms with Gasteiger partial charge in [-0.2, -0.15) is 0 Å². The number of carbonyl (C=O) groups is 1. The van der Waals surface area contributed by atoms with Gasteiger partial charge in [-0.3, -0.25) is 0 Å². The first kappa shape index (κ1) is 13.5. The number of rotatable bonds is 8. The maximum Gasteiger partial charge on any atom is 0.338 e. The highest BCUT2D eigenvalue weighted by Gasteiger charge is 2.24. The van der Waals surface area contributed by atoms with Crippen LogP contribution in [0.1, 0.15) is 15.9 Å². The van der Waals surface area contributed by atoms with Gasteiger partial charge in [-0.25, -0.2) is 14.6 Å². The van der Waals surface area contributed by atoms with Crippen molar-refractivity contribution in [2.75, 3.05) is 26.4 Å². The molecule has 0 N–H and O–H groups in total. The highest BCUT2D eigenvalue weighted by Crippen LogP contribution is 2.12. The Bertz CT molecular complexity index is 449. The molecule has 20 heavy (non-hydrogen) atoms. The second-order valence-corrected chi connectivity index (χ2v) is 4.75. The van der Waals surface area contributed by atoms with E-state index in [0.717, 1.165) is 12.2 Å². The third-order valence-electron chi connectivity index (χ3n) is 2.96. The normalized spacial score (nSPS) is 23.4. The first-order chi connectivity index (χ1) is 9.81. The summed E-state index contributed by atoms with van der Waals surface area (Å²) in [4.78, 5) is 21.7. The molecule has 2 saturated heterocycles. The third kappa shape index (κ3) is 4.28. The number of carbonyl (C=O) groups excluding carboxylic acids is 1. The fourth-order valence-electron chi connectivity index (χ4n) is 1.55. The summed E-state index contributed by atoms with van der Waals surface area (Å²) < 4.78 is 15.0. The molecular weight excluding hydrogens is 264 g/mol. The average molecular weight is 280 g/mol. The van der Waals surface area contributed by atoms with E-state index in [2.05, 4.69) is 0 Å². The first-order valence-electron chi connectivity index (χ1n) is 6.55. The molecule has 1 aromatic carbocycles. The molecule has 0 saturated carbocycles. The Morgan fingerprint density at radius 1 is 1.05 bits per heavy atom. The van der Waals surface area contributed by atoms with Crippen molar-refractivity contribution in [2.45, 2.75) is 18.8 Å². The smallest absolute Gasteiger partial charge is 0.338 e. The van der Waals surface area contributed by atoms with Gasteiger partial charge in [-0.15, -0.1) is 0 Å². The van der Waals surface area contributed by atoms with Crippen LogP contribution in [0.5, 0.6) is 0 Å². The molecule has 0 bridgehead atoms. The molecule has 0 amide bonds. The van der Waals surface area contributed by atoms with E-state index in [-0.39, 0.29) is 18.2 Å². The maximum absolute atomic E-state index is 11.7. The Hall–Kier alpha value is -1.47. The fraction of sp³-hybridized carbons (Fsp3) is 0.500. The Morgan fingerprint density at radius 3 is 2.35 bits per heavy atom. The lowest BCUT2D eigenvalue weighted by Crippen LogP contribution is -2.10. The van der Waals surface area contributed by atoms with Crippen LogP contribution in [0, 0.1) is 0 Å². The summed E-state index contributed by atoms with van der Waals surface area (Å²) >= 11 is 0. The van der Waals surface area contributed by atoms with Crippen LogP contribution in [0.25, 0.3) is 0 Å². The van der Waals surface area contributed by atoms with Crippen LogP contribution in [0.4, 0.5) is 0 Å². The van der Waals surface area contributed by atoms with Gasteiger partial charge in [0.2, 0.25) is 0 Å². The molecular formula is C14H16O6. The van der Waals surface area contributed by atoms with Gasteiger partial charge in [-0.1, -0.05) is 12.1 Å². The summed E-state index contributed by atoms with van der Waals surface area (Å²) in [5.74, 6) is -0.338. The summed E-state index contributed by atoms with van der Waals surface area (Å²) in [5.41, 5.74) is 1.44. The molecule has 6 heteroatoms. The number of hydrogen-bond donors (Lipinski definition) is 0. The van der Waals surface area contributed by atoms with Crippen LogP contribution in [0.2, 0.25) is 0 Å². The van der Waals surface area contributed by atoms with Crippen molar-refractivity contribution < 1.29 is 28.8 Å². The molecule has 2 fully saturated rings. The third-order valence-corrected chi connectivity index (χ3v) is 2.96. The van der Waals surface area contributed by atoms with Gasteiger partial charge in [-0.05, 0) is 17.7 Å². The van der Waals surface area contributed by atoms with Crippen molar-refractivity contribution in [1.29, 1.82) is 0 Å². The number of esters is 1. The molecule has 3 rings (SSSR count). The van der Waals surface area contributed by atoms with Crippen molar-refractivity contribution in [3.05, 3.63) is 35.4 Å². The van der Waals surface area contributed by atoms with Gasteiger partial charge >= 0.3 is 5.97 Å². The largest absolute Gasteiger partial charge is 0.459 e. The topological polar surface area (TPSA) is 69.8 Å². The van der Waals surface area contributed by atoms with Crippen LogP contribution < -0.4 is 0 Å². The molecule has 2 unspecified atom stereocenters. The van der Waals surface area contributed by atoms with Crippen molar-refractivity contribution in [1.82, 2.24) is 0 Å². The minimum atomic E-state index is -0.338. The zero-order valence-electron chi connectivity index (χ0n) is 10.9. The van der Waals surface area contributed by atoms with Gasteiger partial charge in [0.1, 0.15) is 32.0 Å². The SMILES string of the molecule is O=C(OCC1CO1)c1ccc(COOCC2CO2)cc1. The van der Waals surface area contributed by atoms with E-state index in [9.17, 15) is 4.79 Å². The molecule has 6 nitrogen and oxygen atoms in total. The predicted molar refractivity (Wildman–Crippen MR) is 66.9 cm³/mol. The molecule has 2 aliphatic heterocycles. The van der Waals surface area contributed by atoms with Crippen LogP contribution in [-0.4, -0.2) is 44.6 Å². The molecule has 2 atom stereocenters. The van der Waals surface area contributed by atoms with E-state index in [0.29, 0.717) is 32.0 Å². The van der Waals surface area contributed by atoms with E-state index < -0.39 is 0 Å². The minimum Gasteiger partial charge on any atom is -0.459 e. The second kappa shape index (κ2) is 6.32. The monoisotopic (exact) mass is 280 g/mol. The van der Waals surface area contributed by atoms with Crippen LogP contribution in [0.15, 0.2) is 24.3 Å². The first-order valence-corrected chi connectivity index (χ1v) is 6.55. The van der Waals surface area contributed by atoms with Crippen molar-refractivity contribution >= 4 is 5.97 Å². The molecule has 108 valence electrons. The molecule has 2 heterocycles. The highest BCUT2D eigenvalue weighted by atomic mass is 17.2. The minimum absolute atomic E-state index is 0.0826. The van der Waals surface area contributed by atoms with Gasteiger partial charge < -0.3 is 14.2 Å². The Kier molecular flexibility index (Phi) is 4.27. The van der Waals surface area contributed by atoms with Gasteiger partial charge in [0.15, 0.2) is 0 Å². The van der Waals surface area contributed by atoms with Crippen molar-refractivity contribution in [2.24, 2.45) is 0 Å². The van der Waals surface area contributed by atoms with Crippen LogP contribution in [0.3, 0.4) is 0 Å². The van der Waals surface area contributed by atoms with Crippen molar-refractivity contribution in [3.63, 3.8) is 0 Å². The van der Waals surface area contributed by atoms with Gasteiger partial charge in [0.25, 0.3) is 0 Å². The maximum atomic E-state index is 11.7. The van der Waals surface area contributed by atoms with E-state index in [1.54, 1.807) is 24.3 Å². The fourth-order valence-corrected chi connectivity index (χ4v) is 1.55. The summed E-state index contributed by atoms with van der Waals surface area (Å²) in [6.07, 6.45) is 0.266. The Labute approximate surface area is 116 Å². The van der Waals surface area contributed by atoms with Crippen LogP contribution in [-0.2, 0) is 30.6 Å². The molecule has 1 aromatic rings. The standard InChI is InChI=1S/C14H16O6/c15-14(18-8-12-6-16-12)11-3-1-10(2-4-11)5-19-20-9-13-7-17-13/h1-4,12-13H,5-9H2. The van der Waals surface area contributed by atoms with E-state index >= 15 is 0 Å². The number of ether oxygens (including phenoxy) is 3. The predicted octanol–water partition coefficient (Wildman–Crippen LogP) is 1.09. The van der Waals surface area contributed by atoms with Crippen molar-refractivity contribution in [3.8, 4) is 0 Å². The molecule has 0 aliphatic carbocycles. The lowest BCUT2D eigenvalue weighted by atomic mass is 10.1. The number of benzene rings is 1. The lowest BCUT2D eigenvalue weighted by Gasteiger charge is -2.05. The zero-order valence-corrected chi connectivity index (χ0v) is 10.9. The van der Waals surface area contributed by atoms with E-state index in [4.69, 9.17) is 24.0 Å². The second-order valence-electron chi connectivity index (χ2n) is 4.75. The molecule has 0 aromatic heterocycles. The molecule has 2 aliphatic rings. The summed E-state index contributed by atoms with van der Waals surface area (Å²) in [7, 11) is 0. The van der Waals surface area contributed by atoms with Crippen LogP contribution >= 0.6 is 0 Å². The number of epoxide rings is 2. The van der Waals surface area contributed by atoms with Gasteiger partial charge in [0.05, 0.1) is 18.8 Å². The van der Waals surface area contributed by atoms with Gasteiger partial charge in [0, 0.05) is 0 Å². The summed E-state index contributed by atoms with van der Waals surface area (Å²) in [5, 5.41) is 0. The summed E-state index contributed by atoms with van der Waals surface area (Å²) in [6.45, 7) is 2.52. The number of hydrogen-bond acceptors (Lipinski definition) is 6. The zero-order chi connectivity index (χ0) is 13.8. The highest BCUT2D eigenvalue weighted by molar-refractivity contribution is 5.89. The quantitative estimate of drug-likeness (QED) is 0.233. The Morgan fingerprint density at radius 2 is 1.70 bits per heavy atom. The lowest BCUT2D eigenvalue weighted by molar-refractivity contribution is -0.305. The average Bonchev–Trinajstić information content (AvgIpc) is 3.36. The van der Waals surface area contributed by atoms with E-state index in [1.165, 1.54) is 0 Å². The Balaban J connectivity index is 1.39. The van der Waals surface area contributed by atoms with E-state index in [1.807, 2.05) is 0 Å². The molecule has 0 spiro atoms. The summed E-state index contributed by atoms with van der Waals surface area (Å²) in [6, 6.07) is 7.03. The molecule has 0 radical (unpaired) electrons.